The van der Waals surface area contributed by atoms with Crippen molar-refractivity contribution >= 4 is 15.8 Å². The van der Waals surface area contributed by atoms with Gasteiger partial charge in [-0.25, -0.2) is 8.42 Å². The minimum Gasteiger partial charge on any atom is -0.357 e. The second kappa shape index (κ2) is 4.61. The van der Waals surface area contributed by atoms with Crippen molar-refractivity contribution in [3.8, 4) is 0 Å². The number of hydrogen-bond donors (Lipinski definition) is 2. The predicted octanol–water partition coefficient (Wildman–Crippen LogP) is -1.21. The van der Waals surface area contributed by atoms with Crippen molar-refractivity contribution in [3.05, 3.63) is 5.82 Å². The summed E-state index contributed by atoms with van der Waals surface area (Å²) in [6.45, 7) is 0.518. The molecule has 0 aliphatic carbocycles. The summed E-state index contributed by atoms with van der Waals surface area (Å²) in [7, 11) is 0.735. The van der Waals surface area contributed by atoms with Crippen molar-refractivity contribution in [3.63, 3.8) is 0 Å². The van der Waals surface area contributed by atoms with Crippen LogP contribution in [0.2, 0.25) is 0 Å². The van der Waals surface area contributed by atoms with Crippen LogP contribution in [0.5, 0.6) is 0 Å². The van der Waals surface area contributed by atoms with E-state index in [4.69, 9.17) is 0 Å². The van der Waals surface area contributed by atoms with Crippen LogP contribution in [0.3, 0.4) is 0 Å². The SMILES string of the molecule is CNc1nnc(CC2CS(=O)(=O)CCN2)n1C. The van der Waals surface area contributed by atoms with Gasteiger partial charge in [-0.1, -0.05) is 0 Å². The average molecular weight is 259 g/mol. The molecule has 1 saturated heterocycles. The molecule has 2 rings (SSSR count). The highest BCUT2D eigenvalue weighted by molar-refractivity contribution is 7.91. The first-order valence-corrected chi connectivity index (χ1v) is 7.34. The zero-order valence-corrected chi connectivity index (χ0v) is 10.8. The van der Waals surface area contributed by atoms with Gasteiger partial charge in [-0.2, -0.15) is 0 Å². The van der Waals surface area contributed by atoms with Crippen molar-refractivity contribution in [2.45, 2.75) is 12.5 Å². The number of rotatable bonds is 3. The summed E-state index contributed by atoms with van der Waals surface area (Å²) in [6, 6.07) is -0.0682. The number of nitrogens with one attached hydrogen (secondary N) is 2. The normalized spacial score (nSPS) is 23.5. The van der Waals surface area contributed by atoms with E-state index in [2.05, 4.69) is 20.8 Å². The van der Waals surface area contributed by atoms with Crippen molar-refractivity contribution in [1.82, 2.24) is 20.1 Å². The Balaban J connectivity index is 2.08. The van der Waals surface area contributed by atoms with Crippen LogP contribution in [0.15, 0.2) is 0 Å². The highest BCUT2D eigenvalue weighted by Crippen LogP contribution is 2.10. The molecule has 2 N–H and O–H groups in total. The first-order valence-electron chi connectivity index (χ1n) is 5.51. The number of aromatic nitrogens is 3. The number of sulfone groups is 1. The van der Waals surface area contributed by atoms with Gasteiger partial charge in [0.25, 0.3) is 0 Å². The van der Waals surface area contributed by atoms with E-state index in [0.29, 0.717) is 18.9 Å². The third-order valence-corrected chi connectivity index (χ3v) is 4.66. The van der Waals surface area contributed by atoms with Crippen LogP contribution >= 0.6 is 0 Å². The van der Waals surface area contributed by atoms with Crippen molar-refractivity contribution < 1.29 is 8.42 Å². The third-order valence-electron chi connectivity index (χ3n) is 2.92. The van der Waals surface area contributed by atoms with Gasteiger partial charge >= 0.3 is 0 Å². The molecule has 0 bridgehead atoms. The molecule has 96 valence electrons. The molecule has 0 spiro atoms. The summed E-state index contributed by atoms with van der Waals surface area (Å²) < 4.78 is 24.8. The summed E-state index contributed by atoms with van der Waals surface area (Å²) in [5, 5.41) is 14.1. The summed E-state index contributed by atoms with van der Waals surface area (Å²) in [5.41, 5.74) is 0. The quantitative estimate of drug-likeness (QED) is 0.708. The summed E-state index contributed by atoms with van der Waals surface area (Å²) in [6.07, 6.45) is 0.574. The van der Waals surface area contributed by atoms with Gasteiger partial charge < -0.3 is 15.2 Å². The summed E-state index contributed by atoms with van der Waals surface area (Å²) in [5.74, 6) is 1.86. The van der Waals surface area contributed by atoms with Gasteiger partial charge in [0.15, 0.2) is 9.84 Å². The highest BCUT2D eigenvalue weighted by Gasteiger charge is 2.25. The molecule has 17 heavy (non-hydrogen) atoms. The molecule has 7 nitrogen and oxygen atoms in total. The second-order valence-electron chi connectivity index (χ2n) is 4.22. The maximum absolute atomic E-state index is 11.5. The standard InChI is InChI=1S/C9H17N5O2S/c1-10-9-13-12-8(14(9)2)5-7-6-17(15,16)4-3-11-7/h7,11H,3-6H2,1-2H3,(H,10,13). The Hall–Kier alpha value is -1.15. The molecule has 0 radical (unpaired) electrons. The Morgan fingerprint density at radius 1 is 1.53 bits per heavy atom. The van der Waals surface area contributed by atoms with Gasteiger partial charge in [-0.15, -0.1) is 10.2 Å². The molecule has 1 aliphatic rings. The second-order valence-corrected chi connectivity index (χ2v) is 6.45. The largest absolute Gasteiger partial charge is 0.357 e. The number of nitrogens with zero attached hydrogens (tertiary/aromatic N) is 3. The minimum absolute atomic E-state index is 0.0682. The lowest BCUT2D eigenvalue weighted by molar-refractivity contribution is 0.504. The van der Waals surface area contributed by atoms with E-state index >= 15 is 0 Å². The van der Waals surface area contributed by atoms with Crippen LogP contribution in [0.1, 0.15) is 5.82 Å². The molecule has 0 amide bonds. The smallest absolute Gasteiger partial charge is 0.224 e. The van der Waals surface area contributed by atoms with Gasteiger partial charge in [0.05, 0.1) is 11.5 Å². The third kappa shape index (κ3) is 2.75. The first kappa shape index (κ1) is 12.3. The Bertz CT molecular complexity index is 495. The molecule has 8 heteroatoms. The summed E-state index contributed by atoms with van der Waals surface area (Å²) in [4.78, 5) is 0. The van der Waals surface area contributed by atoms with Crippen LogP contribution in [0, 0.1) is 0 Å². The van der Waals surface area contributed by atoms with Gasteiger partial charge in [0.1, 0.15) is 5.82 Å². The van der Waals surface area contributed by atoms with Gasteiger partial charge in [0, 0.05) is 33.1 Å². The number of anilines is 1. The van der Waals surface area contributed by atoms with Crippen LogP contribution in [-0.2, 0) is 23.3 Å². The predicted molar refractivity (Wildman–Crippen MR) is 64.7 cm³/mol. The van der Waals surface area contributed by atoms with E-state index in [1.54, 1.807) is 7.05 Å². The molecule has 1 aromatic heterocycles. The van der Waals surface area contributed by atoms with Crippen LogP contribution in [0.25, 0.3) is 0 Å². The topological polar surface area (TPSA) is 88.9 Å². The van der Waals surface area contributed by atoms with Crippen molar-refractivity contribution in [2.75, 3.05) is 30.4 Å². The average Bonchev–Trinajstić information content (AvgIpc) is 2.59. The van der Waals surface area contributed by atoms with Crippen molar-refractivity contribution in [2.24, 2.45) is 7.05 Å². The van der Waals surface area contributed by atoms with Gasteiger partial charge in [-0.3, -0.25) is 0 Å². The van der Waals surface area contributed by atoms with Crippen LogP contribution in [0.4, 0.5) is 5.95 Å². The summed E-state index contributed by atoms with van der Waals surface area (Å²) >= 11 is 0. The molecule has 1 atom stereocenters. The molecule has 0 saturated carbocycles. The molecular weight excluding hydrogens is 242 g/mol. The van der Waals surface area contributed by atoms with E-state index in [1.165, 1.54) is 0 Å². The van der Waals surface area contributed by atoms with Crippen LogP contribution < -0.4 is 10.6 Å². The Morgan fingerprint density at radius 2 is 2.29 bits per heavy atom. The van der Waals surface area contributed by atoms with E-state index in [-0.39, 0.29) is 17.5 Å². The first-order chi connectivity index (χ1) is 8.02. The fourth-order valence-electron chi connectivity index (χ4n) is 1.98. The van der Waals surface area contributed by atoms with Crippen molar-refractivity contribution in [1.29, 1.82) is 0 Å². The number of hydrogen-bond acceptors (Lipinski definition) is 6. The molecule has 0 aromatic carbocycles. The zero-order valence-electron chi connectivity index (χ0n) is 9.97. The Labute approximate surface area is 101 Å². The van der Waals surface area contributed by atoms with Gasteiger partial charge in [0.2, 0.25) is 5.95 Å². The molecule has 1 aliphatic heterocycles. The van der Waals surface area contributed by atoms with E-state index in [1.807, 2.05) is 11.6 Å². The maximum Gasteiger partial charge on any atom is 0.224 e. The molecule has 1 unspecified atom stereocenters. The maximum atomic E-state index is 11.5. The van der Waals surface area contributed by atoms with E-state index < -0.39 is 9.84 Å². The van der Waals surface area contributed by atoms with E-state index in [9.17, 15) is 8.42 Å². The molecular formula is C9H17N5O2S. The lowest BCUT2D eigenvalue weighted by Gasteiger charge is -2.23. The lowest BCUT2D eigenvalue weighted by atomic mass is 10.2. The Kier molecular flexibility index (Phi) is 3.34. The zero-order chi connectivity index (χ0) is 12.5. The molecule has 2 heterocycles. The van der Waals surface area contributed by atoms with E-state index in [0.717, 1.165) is 5.82 Å². The fourth-order valence-corrected chi connectivity index (χ4v) is 3.42. The Morgan fingerprint density at radius 3 is 2.88 bits per heavy atom. The lowest BCUT2D eigenvalue weighted by Crippen LogP contribution is -2.46. The fraction of sp³-hybridized carbons (Fsp3) is 0.778. The van der Waals surface area contributed by atoms with Gasteiger partial charge in [-0.05, 0) is 0 Å². The van der Waals surface area contributed by atoms with Crippen LogP contribution in [-0.4, -0.2) is 54.3 Å². The minimum atomic E-state index is -2.90. The monoisotopic (exact) mass is 259 g/mol. The highest BCUT2D eigenvalue weighted by atomic mass is 32.2. The molecule has 1 fully saturated rings. The molecule has 1 aromatic rings.